The molecule has 1 atom stereocenters. The summed E-state index contributed by atoms with van der Waals surface area (Å²) in [5.74, 6) is 0.685. The van der Waals surface area contributed by atoms with Gasteiger partial charge in [0.1, 0.15) is 6.10 Å². The van der Waals surface area contributed by atoms with Crippen LogP contribution in [0.3, 0.4) is 0 Å². The molecular weight excluding hydrogens is 276 g/mol. The Kier molecular flexibility index (Phi) is 4.39. The third-order valence-electron chi connectivity index (χ3n) is 5.04. The molecule has 22 heavy (non-hydrogen) atoms. The van der Waals surface area contributed by atoms with Crippen molar-refractivity contribution in [1.29, 1.82) is 0 Å². The molecule has 0 spiro atoms. The van der Waals surface area contributed by atoms with Crippen molar-refractivity contribution in [2.45, 2.75) is 58.0 Å². The van der Waals surface area contributed by atoms with Crippen LogP contribution in [0.25, 0.3) is 0 Å². The number of cyclic esters (lactones) is 1. The van der Waals surface area contributed by atoms with E-state index < -0.39 is 0 Å². The highest BCUT2D eigenvalue weighted by atomic mass is 16.6. The monoisotopic (exact) mass is 302 g/mol. The van der Waals surface area contributed by atoms with Crippen molar-refractivity contribution in [1.82, 2.24) is 0 Å². The molecule has 120 valence electrons. The third-order valence-corrected chi connectivity index (χ3v) is 5.04. The Morgan fingerprint density at radius 1 is 1.18 bits per heavy atom. The van der Waals surface area contributed by atoms with Gasteiger partial charge in [-0.3, -0.25) is 4.90 Å². The molecule has 0 unspecified atom stereocenters. The van der Waals surface area contributed by atoms with Crippen LogP contribution in [0.15, 0.2) is 12.1 Å². The molecule has 2 N–H and O–H groups in total. The Morgan fingerprint density at radius 3 is 2.36 bits per heavy atom. The van der Waals surface area contributed by atoms with Gasteiger partial charge in [0.05, 0.1) is 6.54 Å². The fraction of sp³-hybridized carbons (Fsp3) is 0.611. The van der Waals surface area contributed by atoms with Crippen molar-refractivity contribution in [3.05, 3.63) is 28.8 Å². The van der Waals surface area contributed by atoms with Gasteiger partial charge in [-0.25, -0.2) is 4.79 Å². The van der Waals surface area contributed by atoms with E-state index in [1.165, 1.54) is 48.8 Å². The zero-order chi connectivity index (χ0) is 15.7. The van der Waals surface area contributed by atoms with Gasteiger partial charge in [-0.15, -0.1) is 0 Å². The van der Waals surface area contributed by atoms with Crippen molar-refractivity contribution in [3.8, 4) is 0 Å². The summed E-state index contributed by atoms with van der Waals surface area (Å²) >= 11 is 0. The Bertz CT molecular complexity index is 541. The molecule has 0 bridgehead atoms. The number of amides is 1. The maximum absolute atomic E-state index is 12.0. The molecular formula is C18H26N2O2. The van der Waals surface area contributed by atoms with Crippen molar-refractivity contribution in [2.24, 2.45) is 5.73 Å². The Labute approximate surface area is 132 Å². The largest absolute Gasteiger partial charge is 0.443 e. The van der Waals surface area contributed by atoms with Crippen LogP contribution in [-0.2, 0) is 4.74 Å². The highest BCUT2D eigenvalue weighted by molar-refractivity contribution is 5.90. The summed E-state index contributed by atoms with van der Waals surface area (Å²) in [6.45, 7) is 5.27. The molecule has 4 heteroatoms. The standard InChI is InChI=1S/C18H26N2O2/c1-12-8-15(20-11-16(10-19)22-18(20)21)9-13(2)17(12)14-6-4-3-5-7-14/h8-9,14,16H,3-7,10-11,19H2,1-2H3/t16-/m0/s1. The molecule has 1 heterocycles. The van der Waals surface area contributed by atoms with E-state index in [1.54, 1.807) is 4.90 Å². The first-order chi connectivity index (χ1) is 10.6. The van der Waals surface area contributed by atoms with Crippen molar-refractivity contribution in [2.75, 3.05) is 18.0 Å². The van der Waals surface area contributed by atoms with E-state index >= 15 is 0 Å². The summed E-state index contributed by atoms with van der Waals surface area (Å²) < 4.78 is 5.27. The van der Waals surface area contributed by atoms with E-state index in [0.29, 0.717) is 19.0 Å². The van der Waals surface area contributed by atoms with Gasteiger partial charge in [0.25, 0.3) is 0 Å². The topological polar surface area (TPSA) is 55.6 Å². The number of benzene rings is 1. The zero-order valence-electron chi connectivity index (χ0n) is 13.6. The third kappa shape index (κ3) is 2.84. The number of nitrogens with zero attached hydrogens (tertiary/aromatic N) is 1. The second kappa shape index (κ2) is 6.29. The minimum Gasteiger partial charge on any atom is -0.443 e. The molecule has 0 aromatic heterocycles. The fourth-order valence-corrected chi connectivity index (χ4v) is 4.00. The summed E-state index contributed by atoms with van der Waals surface area (Å²) in [6.07, 6.45) is 6.16. The lowest BCUT2D eigenvalue weighted by Gasteiger charge is -2.26. The Balaban J connectivity index is 1.87. The molecule has 4 nitrogen and oxygen atoms in total. The van der Waals surface area contributed by atoms with Gasteiger partial charge < -0.3 is 10.5 Å². The first-order valence-electron chi connectivity index (χ1n) is 8.39. The summed E-state index contributed by atoms with van der Waals surface area (Å²) in [7, 11) is 0. The predicted octanol–water partition coefficient (Wildman–Crippen LogP) is 3.64. The van der Waals surface area contributed by atoms with Gasteiger partial charge in [0.15, 0.2) is 0 Å². The highest BCUT2D eigenvalue weighted by Crippen LogP contribution is 2.38. The van der Waals surface area contributed by atoms with Gasteiger partial charge in [0.2, 0.25) is 0 Å². The number of nitrogens with two attached hydrogens (primary N) is 1. The van der Waals surface area contributed by atoms with E-state index in [0.717, 1.165) is 5.69 Å². The molecule has 1 aliphatic heterocycles. The molecule has 1 aliphatic carbocycles. The lowest BCUT2D eigenvalue weighted by atomic mass is 9.80. The van der Waals surface area contributed by atoms with Crippen LogP contribution >= 0.6 is 0 Å². The Hall–Kier alpha value is -1.55. The van der Waals surface area contributed by atoms with E-state index in [-0.39, 0.29) is 12.2 Å². The fourth-order valence-electron chi connectivity index (χ4n) is 4.00. The van der Waals surface area contributed by atoms with Gasteiger partial charge in [0, 0.05) is 12.2 Å². The van der Waals surface area contributed by atoms with Gasteiger partial charge in [-0.2, -0.15) is 0 Å². The average molecular weight is 302 g/mol. The average Bonchev–Trinajstić information content (AvgIpc) is 2.89. The van der Waals surface area contributed by atoms with E-state index in [1.807, 2.05) is 0 Å². The first kappa shape index (κ1) is 15.3. The lowest BCUT2D eigenvalue weighted by molar-refractivity contribution is 0.145. The Morgan fingerprint density at radius 2 is 1.82 bits per heavy atom. The van der Waals surface area contributed by atoms with Crippen LogP contribution in [0.5, 0.6) is 0 Å². The smallest absolute Gasteiger partial charge is 0.414 e. The van der Waals surface area contributed by atoms with Crippen molar-refractivity contribution in [3.63, 3.8) is 0 Å². The SMILES string of the molecule is Cc1cc(N2C[C@H](CN)OC2=O)cc(C)c1C1CCCCC1. The van der Waals surface area contributed by atoms with E-state index in [9.17, 15) is 4.79 Å². The molecule has 1 saturated carbocycles. The second-order valence-electron chi connectivity index (χ2n) is 6.68. The second-order valence-corrected chi connectivity index (χ2v) is 6.68. The lowest BCUT2D eigenvalue weighted by Crippen LogP contribution is -2.27. The van der Waals surface area contributed by atoms with Gasteiger partial charge in [-0.1, -0.05) is 19.3 Å². The van der Waals surface area contributed by atoms with Crippen LogP contribution in [-0.4, -0.2) is 25.3 Å². The van der Waals surface area contributed by atoms with Gasteiger partial charge >= 0.3 is 6.09 Å². The van der Waals surface area contributed by atoms with Crippen molar-refractivity contribution < 1.29 is 9.53 Å². The van der Waals surface area contributed by atoms with Crippen LogP contribution in [0.1, 0.15) is 54.7 Å². The summed E-state index contributed by atoms with van der Waals surface area (Å²) in [4.78, 5) is 13.7. The highest BCUT2D eigenvalue weighted by Gasteiger charge is 2.32. The number of hydrogen-bond acceptors (Lipinski definition) is 3. The summed E-state index contributed by atoms with van der Waals surface area (Å²) in [5, 5.41) is 0. The molecule has 2 fully saturated rings. The minimum absolute atomic E-state index is 0.189. The van der Waals surface area contributed by atoms with Crippen LogP contribution < -0.4 is 10.6 Å². The maximum atomic E-state index is 12.0. The molecule has 2 aliphatic rings. The molecule has 0 radical (unpaired) electrons. The van der Waals surface area contributed by atoms with Crippen LogP contribution in [0.2, 0.25) is 0 Å². The molecule has 3 rings (SSSR count). The van der Waals surface area contributed by atoms with E-state index in [2.05, 4.69) is 26.0 Å². The minimum atomic E-state index is -0.278. The summed E-state index contributed by atoms with van der Waals surface area (Å²) in [6, 6.07) is 4.27. The predicted molar refractivity (Wildman–Crippen MR) is 88.4 cm³/mol. The molecule has 1 saturated heterocycles. The molecule has 1 aromatic rings. The van der Waals surface area contributed by atoms with Crippen molar-refractivity contribution >= 4 is 11.8 Å². The quantitative estimate of drug-likeness (QED) is 0.927. The first-order valence-corrected chi connectivity index (χ1v) is 8.39. The molecule has 1 aromatic carbocycles. The summed E-state index contributed by atoms with van der Waals surface area (Å²) in [5.41, 5.74) is 10.6. The number of rotatable bonds is 3. The number of carbonyl (C=O) groups is 1. The number of aryl methyl sites for hydroxylation is 2. The van der Waals surface area contributed by atoms with Gasteiger partial charge in [-0.05, 0) is 61.4 Å². The number of anilines is 1. The normalized spacial score (nSPS) is 23.0. The number of hydrogen-bond donors (Lipinski definition) is 1. The van der Waals surface area contributed by atoms with Crippen LogP contribution in [0, 0.1) is 13.8 Å². The van der Waals surface area contributed by atoms with Crippen LogP contribution in [0.4, 0.5) is 10.5 Å². The number of carbonyl (C=O) groups excluding carboxylic acids is 1. The van der Waals surface area contributed by atoms with E-state index in [4.69, 9.17) is 10.5 Å². The maximum Gasteiger partial charge on any atom is 0.414 e. The number of ether oxygens (including phenoxy) is 1. The zero-order valence-corrected chi connectivity index (χ0v) is 13.6. The molecule has 1 amide bonds.